The largest absolute Gasteiger partial charge is 0.482 e. The Hall–Kier alpha value is -2.24. The molecule has 1 heterocycles. The predicted octanol–water partition coefficient (Wildman–Crippen LogP) is 3.58. The summed E-state index contributed by atoms with van der Waals surface area (Å²) in [5.74, 6) is -0.0808. The summed E-state index contributed by atoms with van der Waals surface area (Å²) < 4.78 is 5.25. The van der Waals surface area contributed by atoms with E-state index < -0.39 is 5.91 Å². The molecule has 0 saturated heterocycles. The molecule has 1 aliphatic rings. The van der Waals surface area contributed by atoms with E-state index in [-0.39, 0.29) is 23.1 Å². The molecule has 0 saturated carbocycles. The van der Waals surface area contributed by atoms with Gasteiger partial charge in [-0.15, -0.1) is 0 Å². The van der Waals surface area contributed by atoms with Crippen LogP contribution in [0.15, 0.2) is 36.4 Å². The van der Waals surface area contributed by atoms with Gasteiger partial charge in [0, 0.05) is 5.69 Å². The fraction of sp³-hybridized carbons (Fsp3) is 0.0667. The molecule has 0 aliphatic carbocycles. The minimum atomic E-state index is -0.393. The second kappa shape index (κ2) is 5.87. The van der Waals surface area contributed by atoms with Crippen LogP contribution < -0.4 is 15.4 Å². The highest BCUT2D eigenvalue weighted by Crippen LogP contribution is 2.31. The molecule has 1 aliphatic heterocycles. The number of halogens is 2. The third-order valence-electron chi connectivity index (χ3n) is 3.07. The Balaban J connectivity index is 1.84. The van der Waals surface area contributed by atoms with Crippen molar-refractivity contribution >= 4 is 46.4 Å². The minimum Gasteiger partial charge on any atom is -0.482 e. The van der Waals surface area contributed by atoms with Crippen molar-refractivity contribution in [2.24, 2.45) is 0 Å². The third-order valence-corrected chi connectivity index (χ3v) is 3.89. The zero-order valence-corrected chi connectivity index (χ0v) is 12.7. The van der Waals surface area contributed by atoms with Crippen LogP contribution in [0.4, 0.5) is 11.4 Å². The summed E-state index contributed by atoms with van der Waals surface area (Å²) in [7, 11) is 0. The molecule has 7 heteroatoms. The monoisotopic (exact) mass is 336 g/mol. The molecule has 2 aromatic rings. The van der Waals surface area contributed by atoms with E-state index in [4.69, 9.17) is 27.9 Å². The fourth-order valence-electron chi connectivity index (χ4n) is 2.04. The van der Waals surface area contributed by atoms with E-state index in [1.54, 1.807) is 36.4 Å². The number of amides is 2. The van der Waals surface area contributed by atoms with Gasteiger partial charge in [0.1, 0.15) is 5.75 Å². The highest BCUT2D eigenvalue weighted by molar-refractivity contribution is 6.44. The Labute approximate surface area is 136 Å². The highest BCUT2D eigenvalue weighted by Gasteiger charge is 2.17. The zero-order valence-electron chi connectivity index (χ0n) is 11.2. The predicted molar refractivity (Wildman–Crippen MR) is 85.0 cm³/mol. The Bertz CT molecular complexity index is 777. The summed E-state index contributed by atoms with van der Waals surface area (Å²) in [5, 5.41) is 5.87. The van der Waals surface area contributed by atoms with Crippen molar-refractivity contribution in [1.82, 2.24) is 0 Å². The number of hydrogen-bond acceptors (Lipinski definition) is 3. The normalized spacial score (nSPS) is 12.9. The Morgan fingerprint density at radius 2 is 2.05 bits per heavy atom. The highest BCUT2D eigenvalue weighted by atomic mass is 35.5. The molecule has 5 nitrogen and oxygen atoms in total. The van der Waals surface area contributed by atoms with Crippen LogP contribution in [0.2, 0.25) is 10.0 Å². The number of rotatable bonds is 2. The first-order valence-corrected chi connectivity index (χ1v) is 7.12. The van der Waals surface area contributed by atoms with E-state index in [9.17, 15) is 9.59 Å². The summed E-state index contributed by atoms with van der Waals surface area (Å²) in [6.45, 7) is -0.0170. The molecule has 0 aromatic heterocycles. The number of nitrogens with one attached hydrogen (secondary N) is 2. The summed E-state index contributed by atoms with van der Waals surface area (Å²) in [4.78, 5) is 23.6. The number of carbonyl (C=O) groups is 2. The van der Waals surface area contributed by atoms with Crippen LogP contribution in [0, 0.1) is 0 Å². The average Bonchev–Trinajstić information content (AvgIpc) is 2.49. The van der Waals surface area contributed by atoms with Gasteiger partial charge in [0.05, 0.1) is 21.3 Å². The number of anilines is 2. The molecule has 112 valence electrons. The van der Waals surface area contributed by atoms with Crippen LogP contribution in [0.1, 0.15) is 10.4 Å². The first-order chi connectivity index (χ1) is 10.5. The van der Waals surface area contributed by atoms with E-state index in [0.29, 0.717) is 22.1 Å². The van der Waals surface area contributed by atoms with Crippen LogP contribution in [-0.4, -0.2) is 18.4 Å². The topological polar surface area (TPSA) is 67.4 Å². The first kappa shape index (κ1) is 14.7. The molecule has 0 atom stereocenters. The Morgan fingerprint density at radius 1 is 1.23 bits per heavy atom. The van der Waals surface area contributed by atoms with Crippen LogP contribution in [0.3, 0.4) is 0 Å². The van der Waals surface area contributed by atoms with Crippen LogP contribution >= 0.6 is 23.2 Å². The number of benzene rings is 2. The SMILES string of the molecule is O=C1COc2ccc(NC(=O)c3cccc(Cl)c3Cl)cc2N1. The molecule has 0 spiro atoms. The molecule has 0 bridgehead atoms. The van der Waals surface area contributed by atoms with Gasteiger partial charge in [-0.3, -0.25) is 9.59 Å². The summed E-state index contributed by atoms with van der Waals surface area (Å²) in [5.41, 5.74) is 1.28. The van der Waals surface area contributed by atoms with Gasteiger partial charge in [-0.2, -0.15) is 0 Å². The molecule has 0 fully saturated rings. The Morgan fingerprint density at radius 3 is 2.86 bits per heavy atom. The maximum Gasteiger partial charge on any atom is 0.262 e. The summed E-state index contributed by atoms with van der Waals surface area (Å²) in [6.07, 6.45) is 0. The number of ether oxygens (including phenoxy) is 1. The molecule has 2 N–H and O–H groups in total. The lowest BCUT2D eigenvalue weighted by molar-refractivity contribution is -0.118. The van der Waals surface area contributed by atoms with Gasteiger partial charge >= 0.3 is 0 Å². The van der Waals surface area contributed by atoms with Gasteiger partial charge in [0.25, 0.3) is 11.8 Å². The van der Waals surface area contributed by atoms with Crippen molar-refractivity contribution in [3.05, 3.63) is 52.0 Å². The molecule has 2 amide bonds. The quantitative estimate of drug-likeness (QED) is 0.880. The minimum absolute atomic E-state index is 0.0170. The van der Waals surface area contributed by atoms with Crippen molar-refractivity contribution in [2.45, 2.75) is 0 Å². The van der Waals surface area contributed by atoms with E-state index >= 15 is 0 Å². The lowest BCUT2D eigenvalue weighted by Crippen LogP contribution is -2.25. The second-order valence-corrected chi connectivity index (χ2v) is 5.39. The molecule has 3 rings (SSSR count). The van der Waals surface area contributed by atoms with E-state index in [2.05, 4.69) is 10.6 Å². The first-order valence-electron chi connectivity index (χ1n) is 6.36. The molecule has 0 unspecified atom stereocenters. The van der Waals surface area contributed by atoms with Crippen molar-refractivity contribution < 1.29 is 14.3 Å². The lowest BCUT2D eigenvalue weighted by atomic mass is 10.2. The van der Waals surface area contributed by atoms with E-state index in [0.717, 1.165) is 0 Å². The lowest BCUT2D eigenvalue weighted by Gasteiger charge is -2.18. The van der Waals surface area contributed by atoms with Crippen LogP contribution in [0.25, 0.3) is 0 Å². The number of fused-ring (bicyclic) bond motifs is 1. The average molecular weight is 337 g/mol. The molecule has 22 heavy (non-hydrogen) atoms. The maximum absolute atomic E-state index is 12.2. The van der Waals surface area contributed by atoms with Crippen molar-refractivity contribution in [1.29, 1.82) is 0 Å². The van der Waals surface area contributed by atoms with E-state index in [1.165, 1.54) is 0 Å². The smallest absolute Gasteiger partial charge is 0.262 e. The molecule has 0 radical (unpaired) electrons. The van der Waals surface area contributed by atoms with Crippen LogP contribution in [-0.2, 0) is 4.79 Å². The summed E-state index contributed by atoms with van der Waals surface area (Å²) in [6, 6.07) is 9.78. The van der Waals surface area contributed by atoms with Gasteiger partial charge in [0.15, 0.2) is 6.61 Å². The van der Waals surface area contributed by atoms with Gasteiger partial charge in [-0.25, -0.2) is 0 Å². The fourth-order valence-corrected chi connectivity index (χ4v) is 2.42. The number of carbonyl (C=O) groups excluding carboxylic acids is 2. The van der Waals surface area contributed by atoms with Gasteiger partial charge in [-0.1, -0.05) is 29.3 Å². The Kier molecular flexibility index (Phi) is 3.92. The van der Waals surface area contributed by atoms with Crippen molar-refractivity contribution in [3.63, 3.8) is 0 Å². The van der Waals surface area contributed by atoms with Crippen molar-refractivity contribution in [3.8, 4) is 5.75 Å². The maximum atomic E-state index is 12.2. The van der Waals surface area contributed by atoms with Gasteiger partial charge < -0.3 is 15.4 Å². The molecule has 2 aromatic carbocycles. The van der Waals surface area contributed by atoms with Crippen LogP contribution in [0.5, 0.6) is 5.75 Å². The molecular weight excluding hydrogens is 327 g/mol. The second-order valence-electron chi connectivity index (χ2n) is 4.60. The molecular formula is C15H10Cl2N2O3. The third kappa shape index (κ3) is 2.86. The van der Waals surface area contributed by atoms with Gasteiger partial charge in [-0.05, 0) is 30.3 Å². The standard InChI is InChI=1S/C15H10Cl2N2O3/c16-10-3-1-2-9(14(10)17)15(21)18-8-4-5-12-11(6-8)19-13(20)7-22-12/h1-6H,7H2,(H,18,21)(H,19,20). The van der Waals surface area contributed by atoms with Crippen molar-refractivity contribution in [2.75, 3.05) is 17.2 Å². The van der Waals surface area contributed by atoms with Gasteiger partial charge in [0.2, 0.25) is 0 Å². The summed E-state index contributed by atoms with van der Waals surface area (Å²) >= 11 is 11.9. The van der Waals surface area contributed by atoms with E-state index in [1.807, 2.05) is 0 Å². The number of hydrogen-bond donors (Lipinski definition) is 2. The zero-order chi connectivity index (χ0) is 15.7.